The first-order chi connectivity index (χ1) is 9.95. The molecule has 1 amide bonds. The molecule has 1 fully saturated rings. The summed E-state index contributed by atoms with van der Waals surface area (Å²) in [6.45, 7) is 3.42. The number of rotatable bonds is 4. The van der Waals surface area contributed by atoms with Crippen molar-refractivity contribution in [2.45, 2.75) is 19.8 Å². The molecule has 1 unspecified atom stereocenters. The molecule has 0 radical (unpaired) electrons. The average Bonchev–Trinajstić information content (AvgIpc) is 2.42. The largest absolute Gasteiger partial charge is 0.481 e. The van der Waals surface area contributed by atoms with E-state index in [4.69, 9.17) is 5.11 Å². The van der Waals surface area contributed by atoms with E-state index >= 15 is 0 Å². The predicted octanol–water partition coefficient (Wildman–Crippen LogP) is 2.49. The van der Waals surface area contributed by atoms with Crippen molar-refractivity contribution in [3.63, 3.8) is 0 Å². The molecule has 0 aromatic heterocycles. The van der Waals surface area contributed by atoms with Crippen LogP contribution < -0.4 is 5.32 Å². The minimum atomic E-state index is -0.776. The summed E-state index contributed by atoms with van der Waals surface area (Å²) in [7, 11) is 0. The Hall–Kier alpha value is -1.40. The highest BCUT2D eigenvalue weighted by Gasteiger charge is 2.26. The Balaban J connectivity index is 1.91. The zero-order valence-electron chi connectivity index (χ0n) is 11.9. The lowest BCUT2D eigenvalue weighted by molar-refractivity contribution is -0.144. The van der Waals surface area contributed by atoms with Crippen molar-refractivity contribution in [2.24, 2.45) is 5.92 Å². The summed E-state index contributed by atoms with van der Waals surface area (Å²) in [6, 6.07) is 5.73. The smallest absolute Gasteiger partial charge is 0.307 e. The second-order valence-corrected chi connectivity index (χ2v) is 6.30. The van der Waals surface area contributed by atoms with Gasteiger partial charge in [-0.25, -0.2) is 0 Å². The lowest BCUT2D eigenvalue weighted by Gasteiger charge is -2.29. The molecule has 1 heterocycles. The van der Waals surface area contributed by atoms with Gasteiger partial charge in [-0.05, 0) is 59.9 Å². The first-order valence-electron chi connectivity index (χ1n) is 6.97. The van der Waals surface area contributed by atoms with Crippen LogP contribution in [0.3, 0.4) is 0 Å². The Morgan fingerprint density at radius 3 is 2.90 bits per heavy atom. The number of likely N-dealkylation sites (tertiary alicyclic amines) is 1. The number of anilines is 1. The molecule has 1 aliphatic heterocycles. The molecule has 6 heteroatoms. The number of piperidine rings is 1. The van der Waals surface area contributed by atoms with E-state index in [0.29, 0.717) is 13.0 Å². The number of benzene rings is 1. The number of hydrogen-bond acceptors (Lipinski definition) is 3. The topological polar surface area (TPSA) is 69.6 Å². The lowest BCUT2D eigenvalue weighted by atomic mass is 9.98. The van der Waals surface area contributed by atoms with E-state index in [1.165, 1.54) is 0 Å². The van der Waals surface area contributed by atoms with Crippen molar-refractivity contribution in [1.29, 1.82) is 0 Å². The third-order valence-electron chi connectivity index (χ3n) is 3.62. The van der Waals surface area contributed by atoms with Gasteiger partial charge in [-0.1, -0.05) is 6.07 Å². The van der Waals surface area contributed by atoms with Gasteiger partial charge in [0.2, 0.25) is 5.91 Å². The summed E-state index contributed by atoms with van der Waals surface area (Å²) in [6.07, 6.45) is 1.51. The summed E-state index contributed by atoms with van der Waals surface area (Å²) < 4.78 is 0.845. The Morgan fingerprint density at radius 1 is 1.48 bits per heavy atom. The van der Waals surface area contributed by atoms with Crippen LogP contribution in [0.5, 0.6) is 0 Å². The molecule has 114 valence electrons. The number of nitrogens with one attached hydrogen (secondary N) is 1. The van der Waals surface area contributed by atoms with Gasteiger partial charge in [-0.3, -0.25) is 14.5 Å². The van der Waals surface area contributed by atoms with E-state index in [1.54, 1.807) is 0 Å². The van der Waals surface area contributed by atoms with Gasteiger partial charge >= 0.3 is 5.97 Å². The second-order valence-electron chi connectivity index (χ2n) is 5.44. The molecule has 1 aromatic rings. The molecule has 0 aliphatic carbocycles. The van der Waals surface area contributed by atoms with E-state index in [2.05, 4.69) is 21.2 Å². The summed E-state index contributed by atoms with van der Waals surface area (Å²) in [5.74, 6) is -1.26. The number of carboxylic acid groups (broad SMARTS) is 1. The highest BCUT2D eigenvalue weighted by molar-refractivity contribution is 9.10. The van der Waals surface area contributed by atoms with Gasteiger partial charge in [0.1, 0.15) is 0 Å². The predicted molar refractivity (Wildman–Crippen MR) is 84.3 cm³/mol. The lowest BCUT2D eigenvalue weighted by Crippen LogP contribution is -2.42. The van der Waals surface area contributed by atoms with Gasteiger partial charge in [-0.2, -0.15) is 0 Å². The number of nitrogens with zero attached hydrogens (tertiary/aromatic N) is 1. The standard InChI is InChI=1S/C15H19BrN2O3/c1-10-4-5-13(12(16)7-10)17-14(19)9-18-6-2-3-11(8-18)15(20)21/h4-5,7,11H,2-3,6,8-9H2,1H3,(H,17,19)(H,20,21). The van der Waals surface area contributed by atoms with Crippen LogP contribution in [0.2, 0.25) is 0 Å². The molecule has 1 aromatic carbocycles. The molecule has 1 saturated heterocycles. The third-order valence-corrected chi connectivity index (χ3v) is 4.28. The normalized spacial score (nSPS) is 19.2. The van der Waals surface area contributed by atoms with E-state index in [9.17, 15) is 9.59 Å². The van der Waals surface area contributed by atoms with Crippen LogP contribution in [-0.2, 0) is 9.59 Å². The van der Waals surface area contributed by atoms with Crippen LogP contribution in [0.4, 0.5) is 5.69 Å². The maximum absolute atomic E-state index is 12.1. The van der Waals surface area contributed by atoms with Gasteiger partial charge in [-0.15, -0.1) is 0 Å². The van der Waals surface area contributed by atoms with E-state index < -0.39 is 5.97 Å². The number of aryl methyl sites for hydroxylation is 1. The Labute approximate surface area is 132 Å². The number of carbonyl (C=O) groups excluding carboxylic acids is 1. The summed E-state index contributed by atoms with van der Waals surface area (Å²) in [5.41, 5.74) is 1.84. The van der Waals surface area contributed by atoms with Gasteiger partial charge in [0.15, 0.2) is 0 Å². The monoisotopic (exact) mass is 354 g/mol. The van der Waals surface area contributed by atoms with Crippen molar-refractivity contribution in [3.05, 3.63) is 28.2 Å². The molecule has 2 rings (SSSR count). The average molecular weight is 355 g/mol. The van der Waals surface area contributed by atoms with Crippen molar-refractivity contribution in [3.8, 4) is 0 Å². The molecular formula is C15H19BrN2O3. The fraction of sp³-hybridized carbons (Fsp3) is 0.467. The van der Waals surface area contributed by atoms with Crippen LogP contribution in [0, 0.1) is 12.8 Å². The molecule has 2 N–H and O–H groups in total. The van der Waals surface area contributed by atoms with Crippen LogP contribution in [-0.4, -0.2) is 41.5 Å². The zero-order valence-corrected chi connectivity index (χ0v) is 13.5. The van der Waals surface area contributed by atoms with Crippen molar-refractivity contribution < 1.29 is 14.7 Å². The summed E-state index contributed by atoms with van der Waals surface area (Å²) in [5, 5.41) is 11.9. The van der Waals surface area contributed by atoms with Gasteiger partial charge in [0, 0.05) is 11.0 Å². The third kappa shape index (κ3) is 4.54. The number of amides is 1. The SMILES string of the molecule is Cc1ccc(NC(=O)CN2CCCC(C(=O)O)C2)c(Br)c1. The Kier molecular flexibility index (Phi) is 5.36. The molecular weight excluding hydrogens is 336 g/mol. The molecule has 0 bridgehead atoms. The highest BCUT2D eigenvalue weighted by atomic mass is 79.9. The van der Waals surface area contributed by atoms with Crippen molar-refractivity contribution >= 4 is 33.5 Å². The summed E-state index contributed by atoms with van der Waals surface area (Å²) in [4.78, 5) is 25.0. The minimum Gasteiger partial charge on any atom is -0.481 e. The molecule has 0 spiro atoms. The first kappa shape index (κ1) is 16.0. The number of carboxylic acids is 1. The molecule has 1 atom stereocenters. The molecule has 5 nitrogen and oxygen atoms in total. The number of aliphatic carboxylic acids is 1. The van der Waals surface area contributed by atoms with Gasteiger partial charge < -0.3 is 10.4 Å². The molecule has 0 saturated carbocycles. The van der Waals surface area contributed by atoms with Crippen LogP contribution in [0.15, 0.2) is 22.7 Å². The number of carbonyl (C=O) groups is 2. The molecule has 21 heavy (non-hydrogen) atoms. The highest BCUT2D eigenvalue weighted by Crippen LogP contribution is 2.23. The maximum Gasteiger partial charge on any atom is 0.307 e. The Bertz CT molecular complexity index is 548. The van der Waals surface area contributed by atoms with Crippen LogP contribution in [0.25, 0.3) is 0 Å². The van der Waals surface area contributed by atoms with E-state index in [0.717, 1.165) is 28.7 Å². The summed E-state index contributed by atoms with van der Waals surface area (Å²) >= 11 is 3.42. The van der Waals surface area contributed by atoms with Crippen molar-refractivity contribution in [1.82, 2.24) is 4.90 Å². The number of hydrogen-bond donors (Lipinski definition) is 2. The van der Waals surface area contributed by atoms with Gasteiger partial charge in [0.05, 0.1) is 18.2 Å². The quantitative estimate of drug-likeness (QED) is 0.871. The zero-order chi connectivity index (χ0) is 15.4. The Morgan fingerprint density at radius 2 is 2.24 bits per heavy atom. The van der Waals surface area contributed by atoms with Crippen LogP contribution in [0.1, 0.15) is 18.4 Å². The first-order valence-corrected chi connectivity index (χ1v) is 7.76. The fourth-order valence-electron chi connectivity index (χ4n) is 2.52. The molecule has 1 aliphatic rings. The van der Waals surface area contributed by atoms with Crippen LogP contribution >= 0.6 is 15.9 Å². The van der Waals surface area contributed by atoms with Gasteiger partial charge in [0.25, 0.3) is 0 Å². The second kappa shape index (κ2) is 7.04. The van der Waals surface area contributed by atoms with E-state index in [1.807, 2.05) is 30.0 Å². The minimum absolute atomic E-state index is 0.120. The van der Waals surface area contributed by atoms with E-state index in [-0.39, 0.29) is 18.4 Å². The fourth-order valence-corrected chi connectivity index (χ4v) is 3.11. The maximum atomic E-state index is 12.1. The number of halogens is 1. The van der Waals surface area contributed by atoms with Crippen molar-refractivity contribution in [2.75, 3.05) is 25.0 Å².